The molecule has 0 spiro atoms. The molecule has 142 valence electrons. The fourth-order valence-electron chi connectivity index (χ4n) is 2.29. The van der Waals surface area contributed by atoms with E-state index >= 15 is 0 Å². The number of anilines is 3. The van der Waals surface area contributed by atoms with Crippen molar-refractivity contribution >= 4 is 45.0 Å². The van der Waals surface area contributed by atoms with E-state index in [1.54, 1.807) is 42.6 Å². The Morgan fingerprint density at radius 2 is 1.89 bits per heavy atom. The number of halogens is 1. The topological polar surface area (TPSA) is 135 Å². The lowest BCUT2D eigenvalue weighted by atomic mass is 10.2. The van der Waals surface area contributed by atoms with Gasteiger partial charge in [0, 0.05) is 10.7 Å². The summed E-state index contributed by atoms with van der Waals surface area (Å²) in [6, 6.07) is 10.3. The summed E-state index contributed by atoms with van der Waals surface area (Å²) >= 11 is 3.28. The van der Waals surface area contributed by atoms with Crippen LogP contribution in [0.4, 0.5) is 23.1 Å². The number of rotatable bonds is 6. The number of amides is 1. The minimum atomic E-state index is -0.648. The molecule has 0 unspecified atom stereocenters. The highest BCUT2D eigenvalue weighted by molar-refractivity contribution is 9.10. The largest absolute Gasteiger partial charge is 0.355 e. The molecule has 11 heteroatoms. The Bertz CT molecular complexity index is 1040. The Labute approximate surface area is 167 Å². The lowest BCUT2D eigenvalue weighted by Crippen LogP contribution is -2.30. The van der Waals surface area contributed by atoms with E-state index in [1.165, 1.54) is 0 Å². The third kappa shape index (κ3) is 4.38. The molecule has 28 heavy (non-hydrogen) atoms. The minimum absolute atomic E-state index is 0.0595. The number of nitro groups is 1. The van der Waals surface area contributed by atoms with Gasteiger partial charge in [-0.1, -0.05) is 12.1 Å². The lowest BCUT2D eigenvalue weighted by molar-refractivity contribution is -0.383. The van der Waals surface area contributed by atoms with Crippen LogP contribution >= 0.6 is 15.9 Å². The van der Waals surface area contributed by atoms with Crippen molar-refractivity contribution in [3.05, 3.63) is 74.6 Å². The van der Waals surface area contributed by atoms with Crippen LogP contribution in [0.3, 0.4) is 0 Å². The van der Waals surface area contributed by atoms with E-state index in [-0.39, 0.29) is 11.6 Å². The molecule has 0 bridgehead atoms. The van der Waals surface area contributed by atoms with E-state index in [9.17, 15) is 14.9 Å². The van der Waals surface area contributed by atoms with Crippen molar-refractivity contribution in [2.45, 2.75) is 6.92 Å². The van der Waals surface area contributed by atoms with Gasteiger partial charge in [-0.05, 0) is 52.7 Å². The Morgan fingerprint density at radius 3 is 2.61 bits per heavy atom. The van der Waals surface area contributed by atoms with Gasteiger partial charge < -0.3 is 5.32 Å². The van der Waals surface area contributed by atoms with E-state index in [1.807, 2.05) is 6.92 Å². The van der Waals surface area contributed by atoms with Crippen LogP contribution in [0, 0.1) is 17.0 Å². The number of aromatic nitrogens is 3. The molecule has 3 rings (SSSR count). The summed E-state index contributed by atoms with van der Waals surface area (Å²) in [5, 5.41) is 14.4. The molecular formula is C17H14BrN7O3. The second-order valence-electron chi connectivity index (χ2n) is 5.58. The van der Waals surface area contributed by atoms with Gasteiger partial charge in [-0.25, -0.2) is 15.0 Å². The molecule has 2 aromatic heterocycles. The smallest absolute Gasteiger partial charge is 0.319 e. The number of benzene rings is 1. The van der Waals surface area contributed by atoms with Gasteiger partial charge in [-0.15, -0.1) is 0 Å². The van der Waals surface area contributed by atoms with Crippen molar-refractivity contribution in [2.75, 3.05) is 10.7 Å². The molecule has 3 N–H and O–H groups in total. The van der Waals surface area contributed by atoms with Gasteiger partial charge in [-0.2, -0.15) is 0 Å². The normalized spacial score (nSPS) is 10.2. The quantitative estimate of drug-likeness (QED) is 0.389. The molecule has 0 aliphatic carbocycles. The summed E-state index contributed by atoms with van der Waals surface area (Å²) < 4.78 is 0.583. The Kier molecular flexibility index (Phi) is 5.75. The predicted molar refractivity (Wildman–Crippen MR) is 106 cm³/mol. The summed E-state index contributed by atoms with van der Waals surface area (Å²) in [6.45, 7) is 1.87. The maximum Gasteiger partial charge on any atom is 0.355 e. The zero-order valence-corrected chi connectivity index (χ0v) is 16.1. The zero-order valence-electron chi connectivity index (χ0n) is 14.5. The van der Waals surface area contributed by atoms with Gasteiger partial charge in [0.1, 0.15) is 12.1 Å². The number of pyridine rings is 1. The number of hydrogen-bond acceptors (Lipinski definition) is 8. The summed E-state index contributed by atoms with van der Waals surface area (Å²) in [7, 11) is 0. The Morgan fingerprint density at radius 1 is 1.14 bits per heavy atom. The fourth-order valence-corrected chi connectivity index (χ4v) is 2.75. The molecule has 3 aromatic rings. The monoisotopic (exact) mass is 443 g/mol. The molecule has 0 aliphatic heterocycles. The first-order valence-electron chi connectivity index (χ1n) is 7.95. The molecule has 0 fully saturated rings. The summed E-state index contributed by atoms with van der Waals surface area (Å²) in [6.07, 6.45) is 2.71. The van der Waals surface area contributed by atoms with Crippen molar-refractivity contribution in [1.82, 2.24) is 20.4 Å². The van der Waals surface area contributed by atoms with Gasteiger partial charge in [0.25, 0.3) is 5.91 Å². The highest BCUT2D eigenvalue weighted by Gasteiger charge is 2.24. The van der Waals surface area contributed by atoms with Gasteiger partial charge in [0.05, 0.1) is 10.5 Å². The number of nitrogens with zero attached hydrogens (tertiary/aromatic N) is 4. The van der Waals surface area contributed by atoms with Crippen molar-refractivity contribution in [2.24, 2.45) is 0 Å². The molecule has 0 saturated heterocycles. The molecule has 1 aromatic carbocycles. The van der Waals surface area contributed by atoms with E-state index in [4.69, 9.17) is 0 Å². The molecule has 1 amide bonds. The van der Waals surface area contributed by atoms with Gasteiger partial charge in [0.15, 0.2) is 0 Å². The molecule has 0 radical (unpaired) electrons. The first-order valence-corrected chi connectivity index (χ1v) is 8.75. The Balaban J connectivity index is 1.84. The van der Waals surface area contributed by atoms with E-state index in [0.29, 0.717) is 15.9 Å². The zero-order chi connectivity index (χ0) is 20.1. The summed E-state index contributed by atoms with van der Waals surface area (Å²) in [5.41, 5.74) is 5.73. The number of hydrazine groups is 1. The van der Waals surface area contributed by atoms with E-state index in [2.05, 4.69) is 47.1 Å². The Hall–Kier alpha value is -3.60. The van der Waals surface area contributed by atoms with Crippen LogP contribution in [0.5, 0.6) is 0 Å². The standard InChI is InChI=1S/C17H14BrN7O3/c1-10-6-7-19-13(8-10)22-15-14(25(27)28)16(21-9-20-15)23-24-17(26)11-4-2-3-5-12(11)18/h2-9H,1H3,(H,24,26)(H2,19,20,21,22,23). The molecule has 0 aliphatic rings. The highest BCUT2D eigenvalue weighted by Crippen LogP contribution is 2.30. The average molecular weight is 444 g/mol. The van der Waals surface area contributed by atoms with Crippen LogP contribution < -0.4 is 16.2 Å². The van der Waals surface area contributed by atoms with Crippen LogP contribution in [0.1, 0.15) is 15.9 Å². The maximum atomic E-state index is 12.3. The van der Waals surface area contributed by atoms with Crippen molar-refractivity contribution in [3.63, 3.8) is 0 Å². The van der Waals surface area contributed by atoms with Crippen LogP contribution in [0.25, 0.3) is 0 Å². The van der Waals surface area contributed by atoms with Crippen molar-refractivity contribution in [1.29, 1.82) is 0 Å². The fraction of sp³-hybridized carbons (Fsp3) is 0.0588. The number of nitrogens with one attached hydrogen (secondary N) is 3. The summed E-state index contributed by atoms with van der Waals surface area (Å²) in [4.78, 5) is 35.1. The summed E-state index contributed by atoms with van der Waals surface area (Å²) in [5.74, 6) is -0.327. The van der Waals surface area contributed by atoms with Crippen LogP contribution in [-0.4, -0.2) is 25.8 Å². The van der Waals surface area contributed by atoms with Gasteiger partial charge >= 0.3 is 5.69 Å². The first kappa shape index (κ1) is 19.2. The van der Waals surface area contributed by atoms with Crippen LogP contribution in [-0.2, 0) is 0 Å². The van der Waals surface area contributed by atoms with Crippen molar-refractivity contribution in [3.8, 4) is 0 Å². The predicted octanol–water partition coefficient (Wildman–Crippen LogP) is 3.35. The van der Waals surface area contributed by atoms with Gasteiger partial charge in [-0.3, -0.25) is 25.8 Å². The maximum absolute atomic E-state index is 12.3. The van der Waals surface area contributed by atoms with Gasteiger partial charge in [0.2, 0.25) is 11.6 Å². The molecular weight excluding hydrogens is 430 g/mol. The second-order valence-corrected chi connectivity index (χ2v) is 6.43. The third-order valence-electron chi connectivity index (χ3n) is 3.58. The number of carbonyl (C=O) groups excluding carboxylic acids is 1. The number of aryl methyl sites for hydroxylation is 1. The van der Waals surface area contributed by atoms with E-state index in [0.717, 1.165) is 11.9 Å². The number of hydrogen-bond donors (Lipinski definition) is 3. The van der Waals surface area contributed by atoms with Crippen molar-refractivity contribution < 1.29 is 9.72 Å². The highest BCUT2D eigenvalue weighted by atomic mass is 79.9. The average Bonchev–Trinajstić information content (AvgIpc) is 2.66. The number of carbonyl (C=O) groups is 1. The molecule has 2 heterocycles. The van der Waals surface area contributed by atoms with Crippen LogP contribution in [0.2, 0.25) is 0 Å². The SMILES string of the molecule is Cc1ccnc(Nc2ncnc(NNC(=O)c3ccccc3Br)c2[N+](=O)[O-])c1. The second kappa shape index (κ2) is 8.39. The molecule has 10 nitrogen and oxygen atoms in total. The molecule has 0 saturated carbocycles. The molecule has 0 atom stereocenters. The van der Waals surface area contributed by atoms with E-state index < -0.39 is 16.5 Å². The third-order valence-corrected chi connectivity index (χ3v) is 4.27. The first-order chi connectivity index (χ1) is 13.5. The van der Waals surface area contributed by atoms with Crippen LogP contribution in [0.15, 0.2) is 53.4 Å². The lowest BCUT2D eigenvalue weighted by Gasteiger charge is -2.11. The minimum Gasteiger partial charge on any atom is -0.319 e.